The monoisotopic (exact) mass is 436 g/mol. The standard InChI is InChI=1S/C19H25ClN6O2S/c1-21-19(24-12-14-5-7-16(8-6-14)29(27,28)22-2)25-15-9-11-26(13-15)18-17(20)4-3-10-23-18/h3-8,10,15,22H,9,11-13H2,1-2H3,(H2,21,24,25). The van der Waals surface area contributed by atoms with E-state index in [2.05, 4.69) is 30.2 Å². The minimum atomic E-state index is -3.42. The molecule has 1 saturated heterocycles. The maximum atomic E-state index is 11.8. The molecule has 1 aromatic carbocycles. The summed E-state index contributed by atoms with van der Waals surface area (Å²) in [6, 6.07) is 10.6. The fraction of sp³-hybridized carbons (Fsp3) is 0.368. The van der Waals surface area contributed by atoms with Crippen molar-refractivity contribution in [1.29, 1.82) is 0 Å². The molecule has 0 radical (unpaired) electrons. The normalized spacial score (nSPS) is 17.4. The molecule has 0 spiro atoms. The molecule has 156 valence electrons. The van der Waals surface area contributed by atoms with Crippen LogP contribution in [0.25, 0.3) is 0 Å². The van der Waals surface area contributed by atoms with Crippen molar-refractivity contribution in [2.75, 3.05) is 32.1 Å². The molecule has 8 nitrogen and oxygen atoms in total. The SMILES string of the molecule is CN=C(NCc1ccc(S(=O)(=O)NC)cc1)NC1CCN(c2ncccc2Cl)C1. The van der Waals surface area contributed by atoms with Gasteiger partial charge in [0.1, 0.15) is 5.82 Å². The third-order valence-corrected chi connectivity index (χ3v) is 6.48. The fourth-order valence-corrected chi connectivity index (χ4v) is 4.13. The molecule has 0 bridgehead atoms. The first-order valence-corrected chi connectivity index (χ1v) is 11.1. The van der Waals surface area contributed by atoms with Gasteiger partial charge < -0.3 is 15.5 Å². The molecule has 0 amide bonds. The molecule has 0 aliphatic carbocycles. The van der Waals surface area contributed by atoms with Crippen molar-refractivity contribution in [1.82, 2.24) is 20.3 Å². The van der Waals surface area contributed by atoms with E-state index in [-0.39, 0.29) is 10.9 Å². The van der Waals surface area contributed by atoms with E-state index in [1.165, 1.54) is 7.05 Å². The predicted octanol–water partition coefficient (Wildman–Crippen LogP) is 1.59. The molecule has 0 saturated carbocycles. The van der Waals surface area contributed by atoms with Gasteiger partial charge in [-0.25, -0.2) is 18.1 Å². The number of sulfonamides is 1. The van der Waals surface area contributed by atoms with Crippen molar-refractivity contribution in [2.45, 2.75) is 23.9 Å². The third kappa shape index (κ3) is 5.37. The highest BCUT2D eigenvalue weighted by Crippen LogP contribution is 2.25. The highest BCUT2D eigenvalue weighted by atomic mass is 35.5. The van der Waals surface area contributed by atoms with Crippen molar-refractivity contribution in [2.24, 2.45) is 4.99 Å². The summed E-state index contributed by atoms with van der Waals surface area (Å²) >= 11 is 6.25. The summed E-state index contributed by atoms with van der Waals surface area (Å²) in [6.45, 7) is 2.18. The summed E-state index contributed by atoms with van der Waals surface area (Å²) in [5, 5.41) is 7.34. The van der Waals surface area contributed by atoms with Gasteiger partial charge in [-0.2, -0.15) is 0 Å². The molecule has 2 aromatic rings. The molecule has 3 rings (SSSR count). The lowest BCUT2D eigenvalue weighted by Gasteiger charge is -2.20. The Labute approximate surface area is 176 Å². The predicted molar refractivity (Wildman–Crippen MR) is 116 cm³/mol. The zero-order chi connectivity index (χ0) is 20.9. The van der Waals surface area contributed by atoms with E-state index in [0.717, 1.165) is 30.9 Å². The average Bonchev–Trinajstić information content (AvgIpc) is 3.20. The molecule has 3 N–H and O–H groups in total. The van der Waals surface area contributed by atoms with Gasteiger partial charge in [-0.05, 0) is 43.3 Å². The van der Waals surface area contributed by atoms with Crippen LogP contribution in [0.5, 0.6) is 0 Å². The highest BCUT2D eigenvalue weighted by Gasteiger charge is 2.25. The maximum absolute atomic E-state index is 11.8. The van der Waals surface area contributed by atoms with Crippen LogP contribution in [0, 0.1) is 0 Å². The van der Waals surface area contributed by atoms with Crippen LogP contribution in [0.2, 0.25) is 5.02 Å². The maximum Gasteiger partial charge on any atom is 0.240 e. The molecule has 1 unspecified atom stereocenters. The fourth-order valence-electron chi connectivity index (χ4n) is 3.16. The second-order valence-electron chi connectivity index (χ2n) is 6.66. The second kappa shape index (κ2) is 9.43. The van der Waals surface area contributed by atoms with Gasteiger partial charge in [-0.3, -0.25) is 4.99 Å². The van der Waals surface area contributed by atoms with E-state index in [4.69, 9.17) is 11.6 Å². The molecule has 1 aliphatic heterocycles. The van der Waals surface area contributed by atoms with Crippen molar-refractivity contribution < 1.29 is 8.42 Å². The van der Waals surface area contributed by atoms with Gasteiger partial charge in [0.2, 0.25) is 10.0 Å². The van der Waals surface area contributed by atoms with Crippen LogP contribution in [-0.4, -0.2) is 52.6 Å². The average molecular weight is 437 g/mol. The van der Waals surface area contributed by atoms with Crippen molar-refractivity contribution in [3.8, 4) is 0 Å². The van der Waals surface area contributed by atoms with Crippen LogP contribution < -0.4 is 20.3 Å². The second-order valence-corrected chi connectivity index (χ2v) is 8.96. The Morgan fingerprint density at radius 1 is 1.31 bits per heavy atom. The van der Waals surface area contributed by atoms with Gasteiger partial charge in [0, 0.05) is 38.9 Å². The lowest BCUT2D eigenvalue weighted by Crippen LogP contribution is -2.44. The van der Waals surface area contributed by atoms with Gasteiger partial charge in [-0.15, -0.1) is 0 Å². The molecular weight excluding hydrogens is 412 g/mol. The molecule has 10 heteroatoms. The zero-order valence-electron chi connectivity index (χ0n) is 16.4. The van der Waals surface area contributed by atoms with E-state index < -0.39 is 10.0 Å². The summed E-state index contributed by atoms with van der Waals surface area (Å²) < 4.78 is 25.9. The van der Waals surface area contributed by atoms with E-state index in [1.54, 1.807) is 37.5 Å². The topological polar surface area (TPSA) is 98.7 Å². The number of hydrogen-bond donors (Lipinski definition) is 3. The number of nitrogens with zero attached hydrogens (tertiary/aromatic N) is 3. The number of aliphatic imine (C=N–C) groups is 1. The Hall–Kier alpha value is -2.36. The van der Waals surface area contributed by atoms with Crippen LogP contribution in [0.3, 0.4) is 0 Å². The van der Waals surface area contributed by atoms with Crippen LogP contribution >= 0.6 is 11.6 Å². The number of anilines is 1. The van der Waals surface area contributed by atoms with Crippen LogP contribution in [0.1, 0.15) is 12.0 Å². The number of guanidine groups is 1. The van der Waals surface area contributed by atoms with E-state index in [1.807, 2.05) is 12.1 Å². The van der Waals surface area contributed by atoms with Gasteiger partial charge >= 0.3 is 0 Å². The largest absolute Gasteiger partial charge is 0.353 e. The smallest absolute Gasteiger partial charge is 0.240 e. The molecule has 1 aliphatic rings. The first-order valence-electron chi connectivity index (χ1n) is 9.28. The molecule has 1 fully saturated rings. The molecular formula is C19H25ClN6O2S. The summed E-state index contributed by atoms with van der Waals surface area (Å²) in [6.07, 6.45) is 2.69. The Kier molecular flexibility index (Phi) is 6.94. The quantitative estimate of drug-likeness (QED) is 0.470. The lowest BCUT2D eigenvalue weighted by molar-refractivity contribution is 0.588. The van der Waals surface area contributed by atoms with E-state index in [0.29, 0.717) is 17.5 Å². The number of pyridine rings is 1. The van der Waals surface area contributed by atoms with Crippen LogP contribution in [0.4, 0.5) is 5.82 Å². The number of rotatable bonds is 6. The first-order chi connectivity index (χ1) is 13.9. The van der Waals surface area contributed by atoms with E-state index >= 15 is 0 Å². The van der Waals surface area contributed by atoms with Gasteiger partial charge in [0.25, 0.3) is 0 Å². The van der Waals surface area contributed by atoms with Crippen molar-refractivity contribution in [3.63, 3.8) is 0 Å². The van der Waals surface area contributed by atoms with Crippen LogP contribution in [0.15, 0.2) is 52.5 Å². The van der Waals surface area contributed by atoms with Crippen molar-refractivity contribution in [3.05, 3.63) is 53.2 Å². The number of nitrogens with one attached hydrogen (secondary N) is 3. The number of halogens is 1. The Morgan fingerprint density at radius 3 is 2.72 bits per heavy atom. The number of aromatic nitrogens is 1. The molecule has 2 heterocycles. The Bertz CT molecular complexity index is 965. The molecule has 29 heavy (non-hydrogen) atoms. The molecule has 1 atom stereocenters. The molecule has 1 aromatic heterocycles. The number of benzene rings is 1. The third-order valence-electron chi connectivity index (χ3n) is 4.75. The van der Waals surface area contributed by atoms with Gasteiger partial charge in [0.05, 0.1) is 9.92 Å². The summed E-state index contributed by atoms with van der Waals surface area (Å²) in [5.41, 5.74) is 0.955. The van der Waals surface area contributed by atoms with Gasteiger partial charge in [-0.1, -0.05) is 23.7 Å². The minimum absolute atomic E-state index is 0.224. The van der Waals surface area contributed by atoms with E-state index in [9.17, 15) is 8.42 Å². The lowest BCUT2D eigenvalue weighted by atomic mass is 10.2. The summed E-state index contributed by atoms with van der Waals surface area (Å²) in [5.74, 6) is 1.49. The summed E-state index contributed by atoms with van der Waals surface area (Å²) in [4.78, 5) is 11.1. The summed E-state index contributed by atoms with van der Waals surface area (Å²) in [7, 11) is -0.306. The Morgan fingerprint density at radius 2 is 2.07 bits per heavy atom. The number of hydrogen-bond acceptors (Lipinski definition) is 5. The van der Waals surface area contributed by atoms with Crippen LogP contribution in [-0.2, 0) is 16.6 Å². The minimum Gasteiger partial charge on any atom is -0.353 e. The zero-order valence-corrected chi connectivity index (χ0v) is 18.0. The van der Waals surface area contributed by atoms with Crippen molar-refractivity contribution >= 4 is 33.4 Å². The van der Waals surface area contributed by atoms with Gasteiger partial charge in [0.15, 0.2) is 5.96 Å². The first kappa shape index (κ1) is 21.4. The highest BCUT2D eigenvalue weighted by molar-refractivity contribution is 7.89. The Balaban J connectivity index is 1.53.